The van der Waals surface area contributed by atoms with Gasteiger partial charge in [-0.15, -0.1) is 11.3 Å². The van der Waals surface area contributed by atoms with Gasteiger partial charge in [-0.1, -0.05) is 19.9 Å². The largest absolute Gasteiger partial charge is 0.338 e. The van der Waals surface area contributed by atoms with Crippen molar-refractivity contribution in [2.75, 3.05) is 23.3 Å². The normalized spacial score (nSPS) is 13.5. The number of benzene rings is 1. The SMILES string of the molecule is CC(C)CNC(=O)Nc1ccc2c(c1)CCCN2C(=O)c1cccs1. The smallest absolute Gasteiger partial charge is 0.319 e. The van der Waals surface area contributed by atoms with Crippen LogP contribution in [0.3, 0.4) is 0 Å². The molecule has 6 heteroatoms. The molecule has 0 saturated heterocycles. The molecule has 1 aliphatic heterocycles. The van der Waals surface area contributed by atoms with Crippen LogP contribution in [0.1, 0.15) is 35.5 Å². The first kappa shape index (κ1) is 17.5. The molecule has 3 rings (SSSR count). The summed E-state index contributed by atoms with van der Waals surface area (Å²) in [7, 11) is 0. The predicted molar refractivity (Wildman–Crippen MR) is 103 cm³/mol. The van der Waals surface area contributed by atoms with Crippen molar-refractivity contribution in [2.45, 2.75) is 26.7 Å². The second-order valence-corrected chi connectivity index (χ2v) is 7.56. The Morgan fingerprint density at radius 1 is 1.28 bits per heavy atom. The van der Waals surface area contributed by atoms with Crippen LogP contribution in [0.5, 0.6) is 0 Å². The number of carbonyl (C=O) groups excluding carboxylic acids is 2. The van der Waals surface area contributed by atoms with Crippen molar-refractivity contribution in [2.24, 2.45) is 5.92 Å². The van der Waals surface area contributed by atoms with Crippen molar-refractivity contribution in [1.29, 1.82) is 0 Å². The van der Waals surface area contributed by atoms with E-state index in [1.807, 2.05) is 40.6 Å². The van der Waals surface area contributed by atoms with E-state index in [2.05, 4.69) is 24.5 Å². The third kappa shape index (κ3) is 4.20. The molecule has 0 fully saturated rings. The highest BCUT2D eigenvalue weighted by molar-refractivity contribution is 7.12. The number of aryl methyl sites for hydroxylation is 1. The summed E-state index contributed by atoms with van der Waals surface area (Å²) < 4.78 is 0. The third-order valence-electron chi connectivity index (χ3n) is 4.10. The molecule has 0 radical (unpaired) electrons. The maximum atomic E-state index is 12.7. The molecule has 0 atom stereocenters. The van der Waals surface area contributed by atoms with E-state index in [0.717, 1.165) is 41.2 Å². The van der Waals surface area contributed by atoms with Gasteiger partial charge < -0.3 is 15.5 Å². The second kappa shape index (κ2) is 7.70. The fourth-order valence-corrected chi connectivity index (χ4v) is 3.56. The number of carbonyl (C=O) groups is 2. The molecule has 0 spiro atoms. The quantitative estimate of drug-likeness (QED) is 0.865. The van der Waals surface area contributed by atoms with Crippen molar-refractivity contribution in [3.63, 3.8) is 0 Å². The van der Waals surface area contributed by atoms with Crippen LogP contribution in [-0.4, -0.2) is 25.0 Å². The Hall–Kier alpha value is -2.34. The van der Waals surface area contributed by atoms with Gasteiger partial charge in [-0.2, -0.15) is 0 Å². The van der Waals surface area contributed by atoms with E-state index in [0.29, 0.717) is 12.5 Å². The van der Waals surface area contributed by atoms with E-state index in [9.17, 15) is 9.59 Å². The number of urea groups is 1. The van der Waals surface area contributed by atoms with Crippen LogP contribution < -0.4 is 15.5 Å². The number of hydrogen-bond donors (Lipinski definition) is 2. The highest BCUT2D eigenvalue weighted by Crippen LogP contribution is 2.31. The lowest BCUT2D eigenvalue weighted by molar-refractivity contribution is 0.0989. The molecule has 0 saturated carbocycles. The minimum absolute atomic E-state index is 0.0475. The first-order chi connectivity index (χ1) is 12.0. The summed E-state index contributed by atoms with van der Waals surface area (Å²) in [6.07, 6.45) is 1.83. The summed E-state index contributed by atoms with van der Waals surface area (Å²) in [5.41, 5.74) is 2.79. The van der Waals surface area contributed by atoms with Gasteiger partial charge in [0.2, 0.25) is 0 Å². The molecule has 0 unspecified atom stereocenters. The number of fused-ring (bicyclic) bond motifs is 1. The summed E-state index contributed by atoms with van der Waals surface area (Å²) in [4.78, 5) is 27.2. The van der Waals surface area contributed by atoms with Gasteiger partial charge in [0.25, 0.3) is 5.91 Å². The lowest BCUT2D eigenvalue weighted by Crippen LogP contribution is -2.35. The molecule has 2 N–H and O–H groups in total. The summed E-state index contributed by atoms with van der Waals surface area (Å²) in [5.74, 6) is 0.456. The maximum Gasteiger partial charge on any atom is 0.319 e. The Morgan fingerprint density at radius 2 is 2.12 bits per heavy atom. The number of hydrogen-bond acceptors (Lipinski definition) is 3. The van der Waals surface area contributed by atoms with E-state index in [4.69, 9.17) is 0 Å². The summed E-state index contributed by atoms with van der Waals surface area (Å²) in [6, 6.07) is 9.31. The van der Waals surface area contributed by atoms with Crippen LogP contribution >= 0.6 is 11.3 Å². The van der Waals surface area contributed by atoms with Gasteiger partial charge in [-0.05, 0) is 54.0 Å². The lowest BCUT2D eigenvalue weighted by atomic mass is 10.0. The topological polar surface area (TPSA) is 61.4 Å². The van der Waals surface area contributed by atoms with Gasteiger partial charge in [-0.3, -0.25) is 4.79 Å². The summed E-state index contributed by atoms with van der Waals surface area (Å²) in [6.45, 7) is 5.47. The number of amides is 3. The summed E-state index contributed by atoms with van der Waals surface area (Å²) in [5, 5.41) is 7.63. The first-order valence-electron chi connectivity index (χ1n) is 8.57. The predicted octanol–water partition coefficient (Wildman–Crippen LogP) is 4.12. The van der Waals surface area contributed by atoms with Gasteiger partial charge in [-0.25, -0.2) is 4.79 Å². The van der Waals surface area contributed by atoms with Gasteiger partial charge in [0.15, 0.2) is 0 Å². The fraction of sp³-hybridized carbons (Fsp3) is 0.368. The molecule has 1 aromatic carbocycles. The molecule has 5 nitrogen and oxygen atoms in total. The van der Waals surface area contributed by atoms with Gasteiger partial charge in [0.1, 0.15) is 0 Å². The average molecular weight is 357 g/mol. The van der Waals surface area contributed by atoms with Crippen LogP contribution in [0, 0.1) is 5.92 Å². The number of nitrogens with zero attached hydrogens (tertiary/aromatic N) is 1. The molecular weight excluding hydrogens is 334 g/mol. The molecule has 1 aromatic heterocycles. The maximum absolute atomic E-state index is 12.7. The van der Waals surface area contributed by atoms with Crippen LogP contribution in [0.2, 0.25) is 0 Å². The molecule has 0 aliphatic carbocycles. The van der Waals surface area contributed by atoms with Crippen LogP contribution in [-0.2, 0) is 6.42 Å². The zero-order valence-electron chi connectivity index (χ0n) is 14.5. The van der Waals surface area contributed by atoms with E-state index >= 15 is 0 Å². The second-order valence-electron chi connectivity index (χ2n) is 6.61. The molecule has 2 heterocycles. The minimum atomic E-state index is -0.198. The fourth-order valence-electron chi connectivity index (χ4n) is 2.89. The first-order valence-corrected chi connectivity index (χ1v) is 9.45. The molecule has 1 aliphatic rings. The molecule has 3 amide bonds. The third-order valence-corrected chi connectivity index (χ3v) is 4.96. The molecule has 25 heavy (non-hydrogen) atoms. The lowest BCUT2D eigenvalue weighted by Gasteiger charge is -2.29. The Labute approximate surface area is 152 Å². The average Bonchev–Trinajstić information content (AvgIpc) is 3.13. The number of rotatable bonds is 4. The zero-order valence-corrected chi connectivity index (χ0v) is 15.4. The van der Waals surface area contributed by atoms with E-state index in [1.54, 1.807) is 0 Å². The number of thiophene rings is 1. The number of anilines is 2. The van der Waals surface area contributed by atoms with Crippen LogP contribution in [0.4, 0.5) is 16.2 Å². The zero-order chi connectivity index (χ0) is 17.8. The number of nitrogens with one attached hydrogen (secondary N) is 2. The standard InChI is InChI=1S/C19H23N3O2S/c1-13(2)12-20-19(24)21-15-7-8-16-14(11-15)5-3-9-22(16)18(23)17-6-4-10-25-17/h4,6-8,10-11,13H,3,5,9,12H2,1-2H3,(H2,20,21,24). The van der Waals surface area contributed by atoms with Crippen molar-refractivity contribution in [1.82, 2.24) is 5.32 Å². The van der Waals surface area contributed by atoms with E-state index in [-0.39, 0.29) is 11.9 Å². The minimum Gasteiger partial charge on any atom is -0.338 e. The van der Waals surface area contributed by atoms with Gasteiger partial charge in [0, 0.05) is 24.5 Å². The molecule has 0 bridgehead atoms. The van der Waals surface area contributed by atoms with Crippen molar-refractivity contribution >= 4 is 34.6 Å². The van der Waals surface area contributed by atoms with Crippen molar-refractivity contribution < 1.29 is 9.59 Å². The molecule has 132 valence electrons. The van der Waals surface area contributed by atoms with E-state index in [1.165, 1.54) is 11.3 Å². The summed E-state index contributed by atoms with van der Waals surface area (Å²) >= 11 is 1.46. The Bertz CT molecular complexity index is 756. The monoisotopic (exact) mass is 357 g/mol. The highest BCUT2D eigenvalue weighted by Gasteiger charge is 2.24. The van der Waals surface area contributed by atoms with Gasteiger partial charge >= 0.3 is 6.03 Å². The Morgan fingerprint density at radius 3 is 2.84 bits per heavy atom. The van der Waals surface area contributed by atoms with E-state index < -0.39 is 0 Å². The van der Waals surface area contributed by atoms with Crippen molar-refractivity contribution in [3.05, 3.63) is 46.2 Å². The molecular formula is C19H23N3O2S. The van der Waals surface area contributed by atoms with Crippen LogP contribution in [0.15, 0.2) is 35.7 Å². The van der Waals surface area contributed by atoms with Crippen LogP contribution in [0.25, 0.3) is 0 Å². The Balaban J connectivity index is 1.74. The van der Waals surface area contributed by atoms with Gasteiger partial charge in [0.05, 0.1) is 4.88 Å². The molecule has 2 aromatic rings. The highest BCUT2D eigenvalue weighted by atomic mass is 32.1. The Kier molecular flexibility index (Phi) is 5.38. The van der Waals surface area contributed by atoms with Crippen molar-refractivity contribution in [3.8, 4) is 0 Å².